The summed E-state index contributed by atoms with van der Waals surface area (Å²) in [7, 11) is -4.29. The first-order valence-corrected chi connectivity index (χ1v) is 11.0. The molecule has 3 rings (SSSR count). The summed E-state index contributed by atoms with van der Waals surface area (Å²) in [5.74, 6) is -4.80. The van der Waals surface area contributed by atoms with Crippen molar-refractivity contribution in [1.82, 2.24) is 0 Å². The van der Waals surface area contributed by atoms with Crippen LogP contribution in [0.1, 0.15) is 10.4 Å². The van der Waals surface area contributed by atoms with Crippen LogP contribution in [0.4, 0.5) is 25.8 Å². The van der Waals surface area contributed by atoms with Crippen LogP contribution in [-0.2, 0) is 19.6 Å². The van der Waals surface area contributed by atoms with Crippen molar-refractivity contribution in [3.63, 3.8) is 0 Å². The maximum absolute atomic E-state index is 13.6. The number of non-ortho nitro benzene ring substituents is 1. The number of hydrogen-bond donors (Lipinski definition) is 3. The third-order valence-electron chi connectivity index (χ3n) is 4.37. The van der Waals surface area contributed by atoms with Crippen molar-refractivity contribution in [2.45, 2.75) is 4.90 Å². The molecule has 3 N–H and O–H groups in total. The Morgan fingerprint density at radius 1 is 1.03 bits per heavy atom. The number of nitro groups is 1. The standard InChI is InChI=1S/C21H15F2N3O8S/c22-12-1-7-18(17(23)9-12)24-20(28)11-34-21(29)16-10-15(6-8-19(16)27)35(32,33)25-13-2-4-14(5-3-13)26(30)31/h1-10,25,27H,11H2,(H,24,28). The number of halogens is 2. The van der Waals surface area contributed by atoms with Gasteiger partial charge in [-0.3, -0.25) is 19.6 Å². The van der Waals surface area contributed by atoms with Gasteiger partial charge in [0.2, 0.25) is 0 Å². The largest absolute Gasteiger partial charge is 0.507 e. The van der Waals surface area contributed by atoms with Crippen LogP contribution in [0.15, 0.2) is 65.6 Å². The molecule has 0 aliphatic heterocycles. The minimum atomic E-state index is -4.29. The van der Waals surface area contributed by atoms with E-state index in [0.717, 1.165) is 54.6 Å². The summed E-state index contributed by atoms with van der Waals surface area (Å²) < 4.78 is 58.7. The number of rotatable bonds is 8. The summed E-state index contributed by atoms with van der Waals surface area (Å²) in [6.45, 7) is -0.923. The van der Waals surface area contributed by atoms with Crippen molar-refractivity contribution in [1.29, 1.82) is 0 Å². The highest BCUT2D eigenvalue weighted by molar-refractivity contribution is 7.92. The van der Waals surface area contributed by atoms with E-state index in [9.17, 15) is 42.0 Å². The molecule has 182 valence electrons. The van der Waals surface area contributed by atoms with E-state index < -0.39 is 61.3 Å². The Bertz CT molecular complexity index is 1410. The number of carbonyl (C=O) groups excluding carboxylic acids is 2. The maximum atomic E-state index is 13.6. The second-order valence-corrected chi connectivity index (χ2v) is 8.52. The van der Waals surface area contributed by atoms with Crippen molar-refractivity contribution >= 4 is 39.0 Å². The number of nitrogens with one attached hydrogen (secondary N) is 2. The summed E-state index contributed by atoms with van der Waals surface area (Å²) in [4.78, 5) is 33.8. The van der Waals surface area contributed by atoms with E-state index in [-0.39, 0.29) is 17.1 Å². The number of nitrogens with zero attached hydrogens (tertiary/aromatic N) is 1. The molecule has 3 aromatic rings. The van der Waals surface area contributed by atoms with Crippen molar-refractivity contribution in [3.8, 4) is 5.75 Å². The molecule has 0 heterocycles. The number of amides is 1. The van der Waals surface area contributed by atoms with E-state index in [1.165, 1.54) is 0 Å². The molecule has 14 heteroatoms. The van der Waals surface area contributed by atoms with E-state index in [1.54, 1.807) is 0 Å². The number of sulfonamides is 1. The van der Waals surface area contributed by atoms with Crippen LogP contribution in [0.25, 0.3) is 0 Å². The Hall–Kier alpha value is -4.59. The highest BCUT2D eigenvalue weighted by Gasteiger charge is 2.21. The quantitative estimate of drug-likeness (QED) is 0.238. The number of hydrogen-bond acceptors (Lipinski definition) is 8. The Balaban J connectivity index is 1.70. The van der Waals surface area contributed by atoms with Gasteiger partial charge in [0, 0.05) is 23.9 Å². The minimum absolute atomic E-state index is 0.00232. The summed E-state index contributed by atoms with van der Waals surface area (Å²) in [6, 6.07) is 9.59. The van der Waals surface area contributed by atoms with Crippen molar-refractivity contribution < 1.29 is 41.6 Å². The lowest BCUT2D eigenvalue weighted by molar-refractivity contribution is -0.384. The monoisotopic (exact) mass is 507 g/mol. The molecular weight excluding hydrogens is 492 g/mol. The highest BCUT2D eigenvalue weighted by Crippen LogP contribution is 2.25. The molecule has 0 aliphatic rings. The lowest BCUT2D eigenvalue weighted by Crippen LogP contribution is -2.22. The van der Waals surface area contributed by atoms with Crippen LogP contribution in [0, 0.1) is 21.7 Å². The van der Waals surface area contributed by atoms with Gasteiger partial charge in [0.1, 0.15) is 22.9 Å². The number of carbonyl (C=O) groups is 2. The molecule has 0 unspecified atom stereocenters. The van der Waals surface area contributed by atoms with Crippen LogP contribution in [-0.4, -0.2) is 36.9 Å². The molecule has 0 aromatic heterocycles. The van der Waals surface area contributed by atoms with Gasteiger partial charge in [-0.25, -0.2) is 22.0 Å². The van der Waals surface area contributed by atoms with E-state index in [1.807, 2.05) is 0 Å². The van der Waals surface area contributed by atoms with Crippen LogP contribution in [0.2, 0.25) is 0 Å². The molecule has 0 atom stereocenters. The number of phenols is 1. The highest BCUT2D eigenvalue weighted by atomic mass is 32.2. The smallest absolute Gasteiger partial charge is 0.342 e. The van der Waals surface area contributed by atoms with Crippen LogP contribution in [0.3, 0.4) is 0 Å². The number of benzene rings is 3. The van der Waals surface area contributed by atoms with Crippen molar-refractivity contribution in [2.75, 3.05) is 16.6 Å². The second kappa shape index (κ2) is 10.1. The molecule has 3 aromatic carbocycles. The molecule has 0 bridgehead atoms. The average molecular weight is 507 g/mol. The fourth-order valence-electron chi connectivity index (χ4n) is 2.70. The maximum Gasteiger partial charge on any atom is 0.342 e. The first kappa shape index (κ1) is 25.0. The van der Waals surface area contributed by atoms with Gasteiger partial charge in [-0.15, -0.1) is 0 Å². The molecule has 0 aliphatic carbocycles. The lowest BCUT2D eigenvalue weighted by Gasteiger charge is -2.11. The second-order valence-electron chi connectivity index (χ2n) is 6.84. The van der Waals surface area contributed by atoms with E-state index >= 15 is 0 Å². The van der Waals surface area contributed by atoms with Gasteiger partial charge in [0.25, 0.3) is 21.6 Å². The zero-order valence-electron chi connectivity index (χ0n) is 17.4. The SMILES string of the molecule is O=C(COC(=O)c1cc(S(=O)(=O)Nc2ccc([N+](=O)[O-])cc2)ccc1O)Nc1ccc(F)cc1F. The molecule has 0 saturated carbocycles. The molecule has 0 spiro atoms. The van der Waals surface area contributed by atoms with Crippen molar-refractivity contribution in [2.24, 2.45) is 0 Å². The molecule has 1 amide bonds. The van der Waals surface area contributed by atoms with Crippen LogP contribution < -0.4 is 10.0 Å². The summed E-state index contributed by atoms with van der Waals surface area (Å²) >= 11 is 0. The van der Waals surface area contributed by atoms with E-state index in [4.69, 9.17) is 4.74 Å². The fraction of sp³-hybridized carbons (Fsp3) is 0.0476. The van der Waals surface area contributed by atoms with Gasteiger partial charge < -0.3 is 15.2 Å². The van der Waals surface area contributed by atoms with E-state index in [2.05, 4.69) is 10.0 Å². The Morgan fingerprint density at radius 2 is 1.71 bits per heavy atom. The molecule has 0 radical (unpaired) electrons. The van der Waals surface area contributed by atoms with E-state index in [0.29, 0.717) is 6.07 Å². The summed E-state index contributed by atoms with van der Waals surface area (Å²) in [5.41, 5.74) is -1.20. The fourth-order valence-corrected chi connectivity index (χ4v) is 3.78. The molecule has 35 heavy (non-hydrogen) atoms. The first-order chi connectivity index (χ1) is 16.5. The normalized spacial score (nSPS) is 10.9. The van der Waals surface area contributed by atoms with Gasteiger partial charge in [0.05, 0.1) is 15.5 Å². The third-order valence-corrected chi connectivity index (χ3v) is 5.75. The Kier molecular flexibility index (Phi) is 7.25. The molecule has 11 nitrogen and oxygen atoms in total. The topological polar surface area (TPSA) is 165 Å². The third kappa shape index (κ3) is 6.26. The number of esters is 1. The van der Waals surface area contributed by atoms with Gasteiger partial charge >= 0.3 is 5.97 Å². The van der Waals surface area contributed by atoms with Gasteiger partial charge in [-0.05, 0) is 42.5 Å². The predicted octanol–water partition coefficient (Wildman–Crippen LogP) is 3.17. The van der Waals surface area contributed by atoms with Gasteiger partial charge in [-0.1, -0.05) is 0 Å². The van der Waals surface area contributed by atoms with Gasteiger partial charge in [0.15, 0.2) is 6.61 Å². The number of aromatic hydroxyl groups is 1. The van der Waals surface area contributed by atoms with Crippen LogP contribution >= 0.6 is 0 Å². The van der Waals surface area contributed by atoms with Gasteiger partial charge in [-0.2, -0.15) is 0 Å². The summed E-state index contributed by atoms with van der Waals surface area (Å²) in [5, 5.41) is 22.7. The van der Waals surface area contributed by atoms with Crippen molar-refractivity contribution in [3.05, 3.63) is 88.0 Å². The summed E-state index contributed by atoms with van der Waals surface area (Å²) in [6.07, 6.45) is 0. The Labute approximate surface area is 196 Å². The molecule has 0 fully saturated rings. The zero-order valence-corrected chi connectivity index (χ0v) is 18.2. The number of anilines is 2. The minimum Gasteiger partial charge on any atom is -0.507 e. The number of ether oxygens (including phenoxy) is 1. The molecular formula is C21H15F2N3O8S. The number of nitro benzene ring substituents is 1. The predicted molar refractivity (Wildman–Crippen MR) is 117 cm³/mol. The Morgan fingerprint density at radius 3 is 2.34 bits per heavy atom. The lowest BCUT2D eigenvalue weighted by atomic mass is 10.2. The first-order valence-electron chi connectivity index (χ1n) is 9.48. The molecule has 0 saturated heterocycles. The average Bonchev–Trinajstić information content (AvgIpc) is 2.79. The number of phenolic OH excluding ortho intramolecular Hbond substituents is 1. The van der Waals surface area contributed by atoms with Crippen LogP contribution in [0.5, 0.6) is 5.75 Å². The zero-order chi connectivity index (χ0) is 25.8.